The van der Waals surface area contributed by atoms with Gasteiger partial charge in [-0.15, -0.1) is 0 Å². The second kappa shape index (κ2) is 4.21. The first-order valence-corrected chi connectivity index (χ1v) is 4.56. The standard InChI is InChI=1S/C11H15NO3/c1-7-5-8(12(2)3)10(9(13)6-7)11(14)15-4/h5-6,13H,1-4H3. The van der Waals surface area contributed by atoms with Gasteiger partial charge in [0.05, 0.1) is 12.8 Å². The number of benzene rings is 1. The normalized spacial score (nSPS) is 9.87. The van der Waals surface area contributed by atoms with Crippen LogP contribution in [0.5, 0.6) is 5.75 Å². The number of hydrogen-bond donors (Lipinski definition) is 1. The van der Waals surface area contributed by atoms with E-state index in [4.69, 9.17) is 0 Å². The SMILES string of the molecule is COC(=O)c1c(O)cc(C)cc1N(C)C. The van der Waals surface area contributed by atoms with Crippen LogP contribution in [0.2, 0.25) is 0 Å². The number of carbonyl (C=O) groups excluding carboxylic acids is 1. The Morgan fingerprint density at radius 2 is 2.00 bits per heavy atom. The summed E-state index contributed by atoms with van der Waals surface area (Å²) in [7, 11) is 4.91. The number of ether oxygens (including phenoxy) is 1. The van der Waals surface area contributed by atoms with Crippen molar-refractivity contribution in [3.8, 4) is 5.75 Å². The second-order valence-electron chi connectivity index (χ2n) is 3.56. The lowest BCUT2D eigenvalue weighted by molar-refractivity contribution is 0.0598. The van der Waals surface area contributed by atoms with Crippen LogP contribution in [0.3, 0.4) is 0 Å². The average molecular weight is 209 g/mol. The minimum Gasteiger partial charge on any atom is -0.507 e. The van der Waals surface area contributed by atoms with Gasteiger partial charge in [-0.2, -0.15) is 0 Å². The Morgan fingerprint density at radius 3 is 2.47 bits per heavy atom. The van der Waals surface area contributed by atoms with Gasteiger partial charge in [0.25, 0.3) is 0 Å². The highest BCUT2D eigenvalue weighted by Gasteiger charge is 2.18. The number of esters is 1. The van der Waals surface area contributed by atoms with Gasteiger partial charge in [-0.25, -0.2) is 4.79 Å². The molecule has 0 saturated carbocycles. The third kappa shape index (κ3) is 2.21. The molecule has 0 amide bonds. The first-order valence-electron chi connectivity index (χ1n) is 4.56. The zero-order valence-corrected chi connectivity index (χ0v) is 9.37. The Hall–Kier alpha value is -1.71. The molecule has 82 valence electrons. The maximum atomic E-state index is 11.5. The largest absolute Gasteiger partial charge is 0.507 e. The van der Waals surface area contributed by atoms with Gasteiger partial charge in [0, 0.05) is 14.1 Å². The number of rotatable bonds is 2. The van der Waals surface area contributed by atoms with Crippen LogP contribution in [-0.2, 0) is 4.74 Å². The summed E-state index contributed by atoms with van der Waals surface area (Å²) in [4.78, 5) is 13.2. The summed E-state index contributed by atoms with van der Waals surface area (Å²) in [5.41, 5.74) is 1.75. The van der Waals surface area contributed by atoms with Gasteiger partial charge < -0.3 is 14.7 Å². The van der Waals surface area contributed by atoms with Crippen LogP contribution in [0.4, 0.5) is 5.69 Å². The average Bonchev–Trinajstić information content (AvgIpc) is 2.15. The third-order valence-corrected chi connectivity index (χ3v) is 2.11. The Labute approximate surface area is 89.1 Å². The molecule has 15 heavy (non-hydrogen) atoms. The van der Waals surface area contributed by atoms with Crippen LogP contribution in [-0.4, -0.2) is 32.3 Å². The van der Waals surface area contributed by atoms with Crippen molar-refractivity contribution in [3.05, 3.63) is 23.3 Å². The first-order chi connectivity index (χ1) is 6.97. The fraction of sp³-hybridized carbons (Fsp3) is 0.364. The summed E-state index contributed by atoms with van der Waals surface area (Å²) in [5, 5.41) is 9.70. The summed E-state index contributed by atoms with van der Waals surface area (Å²) in [6.45, 7) is 1.85. The summed E-state index contributed by atoms with van der Waals surface area (Å²) in [6, 6.07) is 3.37. The number of phenolic OH excluding ortho intramolecular Hbond substituents is 1. The number of hydrogen-bond acceptors (Lipinski definition) is 4. The number of methoxy groups -OCH3 is 1. The lowest BCUT2D eigenvalue weighted by Gasteiger charge is -2.17. The molecule has 0 aromatic heterocycles. The van der Waals surface area contributed by atoms with Gasteiger partial charge in [0.1, 0.15) is 11.3 Å². The predicted octanol–water partition coefficient (Wildman–Crippen LogP) is 1.55. The van der Waals surface area contributed by atoms with Crippen molar-refractivity contribution in [2.45, 2.75) is 6.92 Å². The van der Waals surface area contributed by atoms with Gasteiger partial charge in [-0.1, -0.05) is 0 Å². The fourth-order valence-electron chi connectivity index (χ4n) is 1.41. The van der Waals surface area contributed by atoms with Crippen molar-refractivity contribution < 1.29 is 14.6 Å². The van der Waals surface area contributed by atoms with E-state index < -0.39 is 5.97 Å². The molecule has 4 heteroatoms. The number of anilines is 1. The van der Waals surface area contributed by atoms with Crippen molar-refractivity contribution in [1.82, 2.24) is 0 Å². The molecule has 0 spiro atoms. The molecular formula is C11H15NO3. The molecule has 0 aliphatic heterocycles. The van der Waals surface area contributed by atoms with Crippen LogP contribution >= 0.6 is 0 Å². The van der Waals surface area contributed by atoms with Gasteiger partial charge in [-0.3, -0.25) is 0 Å². The van der Waals surface area contributed by atoms with Crippen LogP contribution in [0.25, 0.3) is 0 Å². The highest BCUT2D eigenvalue weighted by molar-refractivity contribution is 5.98. The van der Waals surface area contributed by atoms with Crippen molar-refractivity contribution in [3.63, 3.8) is 0 Å². The van der Waals surface area contributed by atoms with Crippen LogP contribution in [0, 0.1) is 6.92 Å². The number of aryl methyl sites for hydroxylation is 1. The van der Waals surface area contributed by atoms with E-state index in [9.17, 15) is 9.90 Å². The highest BCUT2D eigenvalue weighted by Crippen LogP contribution is 2.29. The lowest BCUT2D eigenvalue weighted by atomic mass is 10.1. The predicted molar refractivity (Wildman–Crippen MR) is 58.5 cm³/mol. The van der Waals surface area contributed by atoms with Crippen LogP contribution < -0.4 is 4.90 Å². The molecule has 0 unspecified atom stereocenters. The van der Waals surface area contributed by atoms with E-state index in [-0.39, 0.29) is 11.3 Å². The Bertz CT molecular complexity index is 386. The van der Waals surface area contributed by atoms with Gasteiger partial charge >= 0.3 is 5.97 Å². The van der Waals surface area contributed by atoms with Crippen LogP contribution in [0.1, 0.15) is 15.9 Å². The van der Waals surface area contributed by atoms with Gasteiger partial charge in [0.2, 0.25) is 0 Å². The monoisotopic (exact) mass is 209 g/mol. The molecule has 1 aromatic carbocycles. The molecule has 4 nitrogen and oxygen atoms in total. The van der Waals surface area contributed by atoms with Crippen molar-refractivity contribution in [2.24, 2.45) is 0 Å². The number of aromatic hydroxyl groups is 1. The number of carbonyl (C=O) groups is 1. The summed E-state index contributed by atoms with van der Waals surface area (Å²) in [5.74, 6) is -0.582. The van der Waals surface area contributed by atoms with E-state index in [0.29, 0.717) is 5.69 Å². The molecular weight excluding hydrogens is 194 g/mol. The van der Waals surface area contributed by atoms with Gasteiger partial charge in [-0.05, 0) is 24.6 Å². The molecule has 0 atom stereocenters. The second-order valence-corrected chi connectivity index (χ2v) is 3.56. The molecule has 0 heterocycles. The van der Waals surface area contributed by atoms with E-state index in [0.717, 1.165) is 5.56 Å². The quantitative estimate of drug-likeness (QED) is 0.751. The Morgan fingerprint density at radius 1 is 1.40 bits per heavy atom. The van der Waals surface area contributed by atoms with E-state index in [1.54, 1.807) is 25.1 Å². The number of nitrogens with zero attached hydrogens (tertiary/aromatic N) is 1. The molecule has 0 aliphatic rings. The first kappa shape index (κ1) is 11.4. The van der Waals surface area contributed by atoms with E-state index in [2.05, 4.69) is 4.74 Å². The van der Waals surface area contributed by atoms with Crippen LogP contribution in [0.15, 0.2) is 12.1 Å². The molecule has 0 radical (unpaired) electrons. The molecule has 0 fully saturated rings. The summed E-state index contributed by atoms with van der Waals surface area (Å²) < 4.78 is 4.62. The Balaban J connectivity index is 3.40. The zero-order valence-electron chi connectivity index (χ0n) is 9.37. The van der Waals surface area contributed by atoms with Crippen molar-refractivity contribution >= 4 is 11.7 Å². The Kier molecular flexibility index (Phi) is 3.19. The lowest BCUT2D eigenvalue weighted by Crippen LogP contribution is -2.15. The minimum atomic E-state index is -0.531. The molecule has 1 N–H and O–H groups in total. The molecule has 1 aromatic rings. The highest BCUT2D eigenvalue weighted by atomic mass is 16.5. The minimum absolute atomic E-state index is 0.0504. The van der Waals surface area contributed by atoms with E-state index >= 15 is 0 Å². The molecule has 0 aliphatic carbocycles. The molecule has 0 saturated heterocycles. The number of phenols is 1. The fourth-order valence-corrected chi connectivity index (χ4v) is 1.41. The molecule has 1 rings (SSSR count). The summed E-state index contributed by atoms with van der Waals surface area (Å²) in [6.07, 6.45) is 0. The maximum Gasteiger partial charge on any atom is 0.343 e. The van der Waals surface area contributed by atoms with E-state index in [1.807, 2.05) is 13.0 Å². The zero-order chi connectivity index (χ0) is 11.6. The maximum absolute atomic E-state index is 11.5. The van der Waals surface area contributed by atoms with E-state index in [1.165, 1.54) is 7.11 Å². The van der Waals surface area contributed by atoms with Crippen molar-refractivity contribution in [1.29, 1.82) is 0 Å². The molecule has 0 bridgehead atoms. The smallest absolute Gasteiger partial charge is 0.343 e. The summed E-state index contributed by atoms with van der Waals surface area (Å²) >= 11 is 0. The van der Waals surface area contributed by atoms with Gasteiger partial charge in [0.15, 0.2) is 0 Å². The topological polar surface area (TPSA) is 49.8 Å². The van der Waals surface area contributed by atoms with Crippen molar-refractivity contribution in [2.75, 3.05) is 26.1 Å². The third-order valence-electron chi connectivity index (χ3n) is 2.11.